The fourth-order valence-corrected chi connectivity index (χ4v) is 4.08. The van der Waals surface area contributed by atoms with Crippen LogP contribution >= 0.6 is 11.8 Å². The molecule has 1 N–H and O–H groups in total. The zero-order valence-corrected chi connectivity index (χ0v) is 18.1. The average Bonchev–Trinajstić information content (AvgIpc) is 3.27. The van der Waals surface area contributed by atoms with E-state index in [-0.39, 0.29) is 17.6 Å². The molecule has 1 unspecified atom stereocenters. The van der Waals surface area contributed by atoms with Crippen LogP contribution in [-0.2, 0) is 4.79 Å². The minimum absolute atomic E-state index is 0.0170. The fraction of sp³-hybridized carbons (Fsp3) is 0.160. The SMILES string of the molecule is CC(CNC(=O)CSc1nnc(-c2ccccc2)n1-c1ccccc1)c1ccccc1. The summed E-state index contributed by atoms with van der Waals surface area (Å²) in [7, 11) is 0. The van der Waals surface area contributed by atoms with Crippen LogP contribution in [-0.4, -0.2) is 33.0 Å². The molecule has 0 radical (unpaired) electrons. The van der Waals surface area contributed by atoms with E-state index in [1.807, 2.05) is 83.4 Å². The number of amides is 1. The predicted octanol–water partition coefficient (Wildman–Crippen LogP) is 4.95. The number of aromatic nitrogens is 3. The average molecular weight is 429 g/mol. The Morgan fingerprint density at radius 1 is 0.903 bits per heavy atom. The topological polar surface area (TPSA) is 59.8 Å². The second-order valence-corrected chi connectivity index (χ2v) is 8.19. The van der Waals surface area contributed by atoms with Crippen LogP contribution in [0.25, 0.3) is 17.1 Å². The summed E-state index contributed by atoms with van der Waals surface area (Å²) in [5.41, 5.74) is 3.16. The highest BCUT2D eigenvalue weighted by molar-refractivity contribution is 7.99. The second-order valence-electron chi connectivity index (χ2n) is 7.25. The van der Waals surface area contributed by atoms with Crippen molar-refractivity contribution in [1.29, 1.82) is 0 Å². The van der Waals surface area contributed by atoms with Gasteiger partial charge in [-0.25, -0.2) is 0 Å². The number of thioether (sulfide) groups is 1. The van der Waals surface area contributed by atoms with Crippen molar-refractivity contribution < 1.29 is 4.79 Å². The number of nitrogens with zero attached hydrogens (tertiary/aromatic N) is 3. The first kappa shape index (κ1) is 20.9. The van der Waals surface area contributed by atoms with E-state index in [4.69, 9.17) is 0 Å². The number of rotatable bonds is 8. The lowest BCUT2D eigenvalue weighted by molar-refractivity contribution is -0.118. The first-order valence-electron chi connectivity index (χ1n) is 10.2. The summed E-state index contributed by atoms with van der Waals surface area (Å²) in [4.78, 5) is 12.5. The van der Waals surface area contributed by atoms with Gasteiger partial charge in [-0.3, -0.25) is 9.36 Å². The van der Waals surface area contributed by atoms with Gasteiger partial charge in [0.2, 0.25) is 5.91 Å². The smallest absolute Gasteiger partial charge is 0.230 e. The summed E-state index contributed by atoms with van der Waals surface area (Å²) in [6, 6.07) is 30.1. The van der Waals surface area contributed by atoms with Gasteiger partial charge in [-0.05, 0) is 23.6 Å². The van der Waals surface area contributed by atoms with Crippen molar-refractivity contribution in [3.8, 4) is 17.1 Å². The van der Waals surface area contributed by atoms with E-state index in [1.54, 1.807) is 0 Å². The van der Waals surface area contributed by atoms with E-state index in [0.29, 0.717) is 11.7 Å². The number of carbonyl (C=O) groups excluding carboxylic acids is 1. The third kappa shape index (κ3) is 5.22. The van der Waals surface area contributed by atoms with Crippen LogP contribution in [0.15, 0.2) is 96.2 Å². The van der Waals surface area contributed by atoms with E-state index in [9.17, 15) is 4.79 Å². The Bertz CT molecular complexity index is 1110. The Hall–Kier alpha value is -3.38. The maximum atomic E-state index is 12.5. The Balaban J connectivity index is 1.46. The van der Waals surface area contributed by atoms with Crippen LogP contribution in [0.3, 0.4) is 0 Å². The molecule has 0 saturated carbocycles. The highest BCUT2D eigenvalue weighted by Crippen LogP contribution is 2.27. The minimum Gasteiger partial charge on any atom is -0.355 e. The maximum Gasteiger partial charge on any atom is 0.230 e. The molecule has 0 fully saturated rings. The van der Waals surface area contributed by atoms with Crippen LogP contribution in [0.1, 0.15) is 18.4 Å². The van der Waals surface area contributed by atoms with E-state index < -0.39 is 0 Å². The van der Waals surface area contributed by atoms with Crippen molar-refractivity contribution in [2.45, 2.75) is 18.0 Å². The molecule has 1 atom stereocenters. The van der Waals surface area contributed by atoms with Crippen molar-refractivity contribution >= 4 is 17.7 Å². The summed E-state index contributed by atoms with van der Waals surface area (Å²) in [5, 5.41) is 12.5. The number of benzene rings is 3. The summed E-state index contributed by atoms with van der Waals surface area (Å²) < 4.78 is 2.00. The van der Waals surface area contributed by atoms with Crippen LogP contribution in [0.5, 0.6) is 0 Å². The molecular weight excluding hydrogens is 404 g/mol. The molecule has 156 valence electrons. The van der Waals surface area contributed by atoms with Crippen molar-refractivity contribution in [3.63, 3.8) is 0 Å². The Kier molecular flexibility index (Phi) is 6.79. The Morgan fingerprint density at radius 2 is 1.52 bits per heavy atom. The molecular formula is C25H24N4OS. The maximum absolute atomic E-state index is 12.5. The molecule has 1 amide bonds. The summed E-state index contributed by atoms with van der Waals surface area (Å²) in [6.45, 7) is 2.71. The number of carbonyl (C=O) groups is 1. The molecule has 0 bridgehead atoms. The molecule has 0 aliphatic heterocycles. The van der Waals surface area contributed by atoms with Crippen molar-refractivity contribution in [2.75, 3.05) is 12.3 Å². The third-order valence-corrected chi connectivity index (χ3v) is 5.92. The molecule has 6 heteroatoms. The Labute approximate surface area is 186 Å². The van der Waals surface area contributed by atoms with Crippen LogP contribution in [0.4, 0.5) is 0 Å². The number of nitrogens with one attached hydrogen (secondary N) is 1. The van der Waals surface area contributed by atoms with Crippen LogP contribution in [0.2, 0.25) is 0 Å². The normalized spacial score (nSPS) is 11.8. The van der Waals surface area contributed by atoms with Gasteiger partial charge in [0.1, 0.15) is 0 Å². The quantitative estimate of drug-likeness (QED) is 0.404. The predicted molar refractivity (Wildman–Crippen MR) is 125 cm³/mol. The molecule has 0 aliphatic rings. The van der Waals surface area contributed by atoms with Gasteiger partial charge in [-0.15, -0.1) is 10.2 Å². The van der Waals surface area contributed by atoms with E-state index >= 15 is 0 Å². The van der Waals surface area contributed by atoms with Gasteiger partial charge in [0.15, 0.2) is 11.0 Å². The second kappa shape index (κ2) is 10.1. The minimum atomic E-state index is -0.0170. The number of para-hydroxylation sites is 1. The summed E-state index contributed by atoms with van der Waals surface area (Å²) in [6.07, 6.45) is 0. The fourth-order valence-electron chi connectivity index (χ4n) is 3.29. The standard InChI is InChI=1S/C25H24N4OS/c1-19(20-11-5-2-6-12-20)17-26-23(30)18-31-25-28-27-24(21-13-7-3-8-14-21)29(25)22-15-9-4-10-16-22/h2-16,19H,17-18H2,1H3,(H,26,30). The lowest BCUT2D eigenvalue weighted by Crippen LogP contribution is -2.29. The molecule has 4 aromatic rings. The molecule has 1 aromatic heterocycles. The van der Waals surface area contributed by atoms with Crippen molar-refractivity contribution in [1.82, 2.24) is 20.1 Å². The van der Waals surface area contributed by atoms with Crippen LogP contribution < -0.4 is 5.32 Å². The monoisotopic (exact) mass is 428 g/mol. The zero-order valence-electron chi connectivity index (χ0n) is 17.3. The van der Waals surface area contributed by atoms with Gasteiger partial charge in [0.25, 0.3) is 0 Å². The number of hydrogen-bond acceptors (Lipinski definition) is 4. The molecule has 5 nitrogen and oxygen atoms in total. The first-order valence-corrected chi connectivity index (χ1v) is 11.2. The van der Waals surface area contributed by atoms with Gasteiger partial charge in [0, 0.05) is 17.8 Å². The Morgan fingerprint density at radius 3 is 2.19 bits per heavy atom. The van der Waals surface area contributed by atoms with E-state index in [0.717, 1.165) is 17.1 Å². The lowest BCUT2D eigenvalue weighted by atomic mass is 10.0. The van der Waals surface area contributed by atoms with E-state index in [2.05, 4.69) is 34.6 Å². The van der Waals surface area contributed by atoms with Gasteiger partial charge >= 0.3 is 0 Å². The molecule has 0 aliphatic carbocycles. The zero-order chi connectivity index (χ0) is 21.5. The highest BCUT2D eigenvalue weighted by Gasteiger charge is 2.17. The highest BCUT2D eigenvalue weighted by atomic mass is 32.2. The van der Waals surface area contributed by atoms with Gasteiger partial charge in [0.05, 0.1) is 5.75 Å². The lowest BCUT2D eigenvalue weighted by Gasteiger charge is -2.13. The molecule has 31 heavy (non-hydrogen) atoms. The summed E-state index contributed by atoms with van der Waals surface area (Å²) in [5.74, 6) is 1.28. The largest absolute Gasteiger partial charge is 0.355 e. The summed E-state index contributed by atoms with van der Waals surface area (Å²) >= 11 is 1.39. The first-order chi connectivity index (χ1) is 15.2. The van der Waals surface area contributed by atoms with Crippen LogP contribution in [0, 0.1) is 0 Å². The van der Waals surface area contributed by atoms with Crippen molar-refractivity contribution in [3.05, 3.63) is 96.6 Å². The molecule has 4 rings (SSSR count). The van der Waals surface area contributed by atoms with Gasteiger partial charge in [-0.2, -0.15) is 0 Å². The molecule has 1 heterocycles. The van der Waals surface area contributed by atoms with Crippen molar-refractivity contribution in [2.24, 2.45) is 0 Å². The van der Waals surface area contributed by atoms with Gasteiger partial charge in [-0.1, -0.05) is 97.5 Å². The molecule has 0 saturated heterocycles. The molecule has 0 spiro atoms. The van der Waals surface area contributed by atoms with Gasteiger partial charge < -0.3 is 5.32 Å². The van der Waals surface area contributed by atoms with E-state index in [1.165, 1.54) is 17.3 Å². The number of hydrogen-bond donors (Lipinski definition) is 1. The third-order valence-electron chi connectivity index (χ3n) is 4.99. The molecule has 3 aromatic carbocycles.